The first-order valence-corrected chi connectivity index (χ1v) is 14.8. The standard InChI is InChI=1S/C32H39ClFN5O/c33-28-9-2-1-7-25(28)23-37-18-15-30(38-19-21-39(22-20-38)31-11-4-3-10-29(31)34)26(24-37)12-13-32(40)36-17-14-27-8-5-6-16-35-27/h1-11,16,26,30H,12-15,17-24H2,(H,36,40)/t26-,30+/m0/s1. The molecule has 6 nitrogen and oxygen atoms in total. The summed E-state index contributed by atoms with van der Waals surface area (Å²) in [5.41, 5.74) is 2.82. The number of para-hydroxylation sites is 1. The summed E-state index contributed by atoms with van der Waals surface area (Å²) in [7, 11) is 0. The molecule has 212 valence electrons. The minimum Gasteiger partial charge on any atom is -0.367 e. The van der Waals surface area contributed by atoms with Gasteiger partial charge in [-0.3, -0.25) is 19.6 Å². The van der Waals surface area contributed by atoms with Crippen LogP contribution >= 0.6 is 11.6 Å². The van der Waals surface area contributed by atoms with Crippen LogP contribution in [0.15, 0.2) is 72.9 Å². The number of carbonyl (C=O) groups is 1. The summed E-state index contributed by atoms with van der Waals surface area (Å²) in [4.78, 5) is 24.3. The van der Waals surface area contributed by atoms with Gasteiger partial charge in [0.2, 0.25) is 5.91 Å². The van der Waals surface area contributed by atoms with Gasteiger partial charge in [-0.15, -0.1) is 0 Å². The lowest BCUT2D eigenvalue weighted by Crippen LogP contribution is -2.56. The average molecular weight is 564 g/mol. The maximum absolute atomic E-state index is 14.4. The monoisotopic (exact) mass is 563 g/mol. The van der Waals surface area contributed by atoms with Crippen LogP contribution in [0.5, 0.6) is 0 Å². The lowest BCUT2D eigenvalue weighted by atomic mass is 9.86. The normalized spacial score (nSPS) is 20.4. The number of halogens is 2. The number of benzene rings is 2. The predicted molar refractivity (Wildman–Crippen MR) is 159 cm³/mol. The quantitative estimate of drug-likeness (QED) is 0.375. The topological polar surface area (TPSA) is 51.7 Å². The Morgan fingerprint density at radius 3 is 2.52 bits per heavy atom. The zero-order chi connectivity index (χ0) is 27.7. The van der Waals surface area contributed by atoms with E-state index in [1.165, 1.54) is 6.07 Å². The third kappa shape index (κ3) is 7.59. The van der Waals surface area contributed by atoms with Gasteiger partial charge in [0.25, 0.3) is 0 Å². The number of likely N-dealkylation sites (tertiary alicyclic amines) is 1. The Morgan fingerprint density at radius 1 is 0.975 bits per heavy atom. The molecule has 8 heteroatoms. The van der Waals surface area contributed by atoms with Crippen molar-refractivity contribution in [3.05, 3.63) is 95.0 Å². The second-order valence-electron chi connectivity index (χ2n) is 10.9. The molecule has 1 N–H and O–H groups in total. The molecule has 2 aliphatic rings. The minimum absolute atomic E-state index is 0.0993. The molecule has 2 atom stereocenters. The van der Waals surface area contributed by atoms with E-state index in [4.69, 9.17) is 11.6 Å². The Balaban J connectivity index is 1.18. The van der Waals surface area contributed by atoms with Crippen LogP contribution < -0.4 is 10.2 Å². The van der Waals surface area contributed by atoms with Crippen LogP contribution in [0.2, 0.25) is 5.02 Å². The van der Waals surface area contributed by atoms with Crippen LogP contribution in [0.3, 0.4) is 0 Å². The van der Waals surface area contributed by atoms with Gasteiger partial charge in [0.05, 0.1) is 5.69 Å². The van der Waals surface area contributed by atoms with E-state index < -0.39 is 0 Å². The Morgan fingerprint density at radius 2 is 1.75 bits per heavy atom. The predicted octanol–water partition coefficient (Wildman–Crippen LogP) is 5.03. The third-order valence-electron chi connectivity index (χ3n) is 8.28. The van der Waals surface area contributed by atoms with Gasteiger partial charge < -0.3 is 10.2 Å². The fourth-order valence-corrected chi connectivity index (χ4v) is 6.35. The molecule has 1 aromatic heterocycles. The van der Waals surface area contributed by atoms with Crippen LogP contribution in [0.25, 0.3) is 0 Å². The van der Waals surface area contributed by atoms with E-state index in [2.05, 4.69) is 31.1 Å². The number of hydrogen-bond donors (Lipinski definition) is 1. The number of aromatic nitrogens is 1. The van der Waals surface area contributed by atoms with Crippen molar-refractivity contribution in [3.63, 3.8) is 0 Å². The molecule has 2 saturated heterocycles. The second-order valence-corrected chi connectivity index (χ2v) is 11.3. The first kappa shape index (κ1) is 28.5. The van der Waals surface area contributed by atoms with Gasteiger partial charge in [0.1, 0.15) is 5.82 Å². The fourth-order valence-electron chi connectivity index (χ4n) is 6.15. The van der Waals surface area contributed by atoms with Crippen molar-refractivity contribution in [3.8, 4) is 0 Å². The van der Waals surface area contributed by atoms with E-state index >= 15 is 0 Å². The molecule has 0 bridgehead atoms. The zero-order valence-electron chi connectivity index (χ0n) is 23.0. The van der Waals surface area contributed by atoms with Crippen molar-refractivity contribution in [2.45, 2.75) is 38.3 Å². The molecule has 5 rings (SSSR count). The summed E-state index contributed by atoms with van der Waals surface area (Å²) in [6.45, 7) is 6.76. The number of piperazine rings is 1. The molecular weight excluding hydrogens is 525 g/mol. The number of anilines is 1. The third-order valence-corrected chi connectivity index (χ3v) is 8.65. The largest absolute Gasteiger partial charge is 0.367 e. The summed E-state index contributed by atoms with van der Waals surface area (Å²) in [5, 5.41) is 3.89. The Labute approximate surface area is 242 Å². The fraction of sp³-hybridized carbons (Fsp3) is 0.438. The van der Waals surface area contributed by atoms with Crippen molar-refractivity contribution < 1.29 is 9.18 Å². The van der Waals surface area contributed by atoms with Crippen molar-refractivity contribution in [1.82, 2.24) is 20.1 Å². The van der Waals surface area contributed by atoms with E-state index in [1.807, 2.05) is 48.5 Å². The highest BCUT2D eigenvalue weighted by Gasteiger charge is 2.35. The number of pyridine rings is 1. The van der Waals surface area contributed by atoms with Gasteiger partial charge in [0.15, 0.2) is 0 Å². The van der Waals surface area contributed by atoms with E-state index in [-0.39, 0.29) is 11.7 Å². The lowest BCUT2D eigenvalue weighted by Gasteiger charge is -2.47. The molecular formula is C32H39ClFN5O. The molecule has 0 saturated carbocycles. The van der Waals surface area contributed by atoms with Crippen molar-refractivity contribution >= 4 is 23.2 Å². The van der Waals surface area contributed by atoms with Crippen molar-refractivity contribution in [2.24, 2.45) is 5.92 Å². The molecule has 2 aliphatic heterocycles. The smallest absolute Gasteiger partial charge is 0.220 e. The van der Waals surface area contributed by atoms with Crippen molar-refractivity contribution in [1.29, 1.82) is 0 Å². The Bertz CT molecular complexity index is 1240. The average Bonchev–Trinajstić information content (AvgIpc) is 2.98. The number of rotatable bonds is 10. The number of piperidine rings is 1. The van der Waals surface area contributed by atoms with Gasteiger partial charge >= 0.3 is 0 Å². The van der Waals surface area contributed by atoms with Crippen LogP contribution in [0, 0.1) is 11.7 Å². The number of nitrogens with zero attached hydrogens (tertiary/aromatic N) is 4. The number of hydrogen-bond acceptors (Lipinski definition) is 5. The highest BCUT2D eigenvalue weighted by atomic mass is 35.5. The van der Waals surface area contributed by atoms with Crippen LogP contribution in [-0.2, 0) is 17.8 Å². The number of carbonyl (C=O) groups excluding carboxylic acids is 1. The summed E-state index contributed by atoms with van der Waals surface area (Å²) in [6.07, 6.45) is 4.92. The van der Waals surface area contributed by atoms with E-state index in [0.717, 1.165) is 81.4 Å². The number of amides is 1. The van der Waals surface area contributed by atoms with E-state index in [0.29, 0.717) is 30.6 Å². The zero-order valence-corrected chi connectivity index (χ0v) is 23.8. The lowest BCUT2D eigenvalue weighted by molar-refractivity contribution is -0.121. The Hall–Kier alpha value is -3.00. The molecule has 1 amide bonds. The van der Waals surface area contributed by atoms with Gasteiger partial charge in [-0.1, -0.05) is 48.0 Å². The molecule has 2 aromatic carbocycles. The van der Waals surface area contributed by atoms with Crippen LogP contribution in [0.4, 0.5) is 10.1 Å². The summed E-state index contributed by atoms with van der Waals surface area (Å²) < 4.78 is 14.4. The molecule has 3 heterocycles. The van der Waals surface area contributed by atoms with Gasteiger partial charge in [-0.05, 0) is 61.2 Å². The highest BCUT2D eigenvalue weighted by Crippen LogP contribution is 2.30. The summed E-state index contributed by atoms with van der Waals surface area (Å²) in [6, 6.07) is 21.4. The maximum Gasteiger partial charge on any atom is 0.220 e. The summed E-state index contributed by atoms with van der Waals surface area (Å²) in [5.74, 6) is 0.316. The van der Waals surface area contributed by atoms with Crippen molar-refractivity contribution in [2.75, 3.05) is 50.7 Å². The van der Waals surface area contributed by atoms with Crippen LogP contribution in [0.1, 0.15) is 30.5 Å². The SMILES string of the molecule is O=C(CC[C@H]1CN(Cc2ccccc2Cl)CC[C@H]1N1CCN(c2ccccc2F)CC1)NCCc1ccccn1. The molecule has 0 radical (unpaired) electrons. The van der Waals surface area contributed by atoms with E-state index in [9.17, 15) is 9.18 Å². The van der Waals surface area contributed by atoms with Gasteiger partial charge in [0, 0.05) is 81.6 Å². The Kier molecular flexibility index (Phi) is 10.0. The highest BCUT2D eigenvalue weighted by molar-refractivity contribution is 6.31. The molecule has 40 heavy (non-hydrogen) atoms. The molecule has 0 unspecified atom stereocenters. The first-order valence-electron chi connectivity index (χ1n) is 14.4. The first-order chi connectivity index (χ1) is 19.6. The van der Waals surface area contributed by atoms with E-state index in [1.54, 1.807) is 12.3 Å². The van der Waals surface area contributed by atoms with Gasteiger partial charge in [-0.25, -0.2) is 4.39 Å². The van der Waals surface area contributed by atoms with Crippen LogP contribution in [-0.4, -0.2) is 72.5 Å². The maximum atomic E-state index is 14.4. The molecule has 0 spiro atoms. The second kappa shape index (κ2) is 14.1. The summed E-state index contributed by atoms with van der Waals surface area (Å²) >= 11 is 6.48. The molecule has 3 aromatic rings. The number of nitrogens with one attached hydrogen (secondary N) is 1. The minimum atomic E-state index is -0.157. The molecule has 0 aliphatic carbocycles. The molecule has 2 fully saturated rings. The van der Waals surface area contributed by atoms with Gasteiger partial charge in [-0.2, -0.15) is 0 Å².